The third-order valence-electron chi connectivity index (χ3n) is 1.31. The van der Waals surface area contributed by atoms with E-state index < -0.39 is 6.35 Å². The quantitative estimate of drug-likeness (QED) is 0.386. The number of hydroxylamine groups is 1. The molecule has 11 heavy (non-hydrogen) atoms. The minimum absolute atomic E-state index is 0.407. The Hall–Kier alpha value is -0.820. The van der Waals surface area contributed by atoms with Gasteiger partial charge in [-0.15, -0.1) is 0 Å². The van der Waals surface area contributed by atoms with Crippen LogP contribution >= 0.6 is 0 Å². The van der Waals surface area contributed by atoms with E-state index in [1.165, 1.54) is 6.20 Å². The first-order chi connectivity index (χ1) is 5.24. The fraction of sp³-hybridized carbons (Fsp3) is 0.600. The topological polar surface area (TPSA) is 96.6 Å². The van der Waals surface area contributed by atoms with Crippen LogP contribution < -0.4 is 16.5 Å². The molecule has 0 aromatic carbocycles. The van der Waals surface area contributed by atoms with Crippen molar-refractivity contribution in [2.45, 2.75) is 12.8 Å². The Kier molecular flexibility index (Phi) is 2.66. The minimum atomic E-state index is -1.01. The van der Waals surface area contributed by atoms with E-state index >= 15 is 0 Å². The van der Waals surface area contributed by atoms with Gasteiger partial charge >= 0.3 is 0 Å². The molecular formula is C5H11N4O2-. The molecule has 0 saturated carbocycles. The maximum atomic E-state index is 10.9. The number of hydrogen-bond acceptors (Lipinski definition) is 6. The van der Waals surface area contributed by atoms with E-state index in [1.807, 2.05) is 0 Å². The molecular weight excluding hydrogens is 148 g/mol. The molecule has 6 heteroatoms. The number of nitrogens with zero attached hydrogens (tertiary/aromatic N) is 1. The Balaban J connectivity index is 2.50. The first-order valence-electron chi connectivity index (χ1n) is 3.30. The van der Waals surface area contributed by atoms with Crippen molar-refractivity contribution in [1.82, 2.24) is 15.9 Å². The Bertz CT molecular complexity index is 161. The molecule has 1 unspecified atom stereocenters. The SMILES string of the molecule is NCCC1=CNC(O)NN1[O-]. The average Bonchev–Trinajstić information content (AvgIpc) is 1.95. The normalized spacial score (nSPS) is 24.5. The molecule has 1 aliphatic heterocycles. The third-order valence-corrected chi connectivity index (χ3v) is 1.31. The predicted octanol–water partition coefficient (Wildman–Crippen LogP) is -1.64. The minimum Gasteiger partial charge on any atom is -0.743 e. The summed E-state index contributed by atoms with van der Waals surface area (Å²) >= 11 is 0. The number of aliphatic hydroxyl groups is 1. The summed E-state index contributed by atoms with van der Waals surface area (Å²) in [6.07, 6.45) is 0.922. The molecule has 0 aliphatic carbocycles. The van der Waals surface area contributed by atoms with Gasteiger partial charge in [0.05, 0.1) is 0 Å². The molecule has 1 rings (SSSR count). The molecule has 64 valence electrons. The summed E-state index contributed by atoms with van der Waals surface area (Å²) < 4.78 is 0. The van der Waals surface area contributed by atoms with Gasteiger partial charge in [-0.1, -0.05) is 0 Å². The molecule has 1 atom stereocenters. The summed E-state index contributed by atoms with van der Waals surface area (Å²) in [6, 6.07) is 0. The van der Waals surface area contributed by atoms with E-state index in [2.05, 4.69) is 10.7 Å². The largest absolute Gasteiger partial charge is 0.743 e. The van der Waals surface area contributed by atoms with Gasteiger partial charge < -0.3 is 26.5 Å². The smallest absolute Gasteiger partial charge is 0.197 e. The molecule has 0 saturated heterocycles. The van der Waals surface area contributed by atoms with Gasteiger partial charge in [0, 0.05) is 18.3 Å². The molecule has 1 aliphatic rings. The van der Waals surface area contributed by atoms with E-state index in [1.54, 1.807) is 0 Å². The maximum absolute atomic E-state index is 10.9. The standard InChI is InChI=1S/C5H11N4O2/c6-2-1-4-3-7-5(10)8-9(4)11/h3,5,7-8,10H,1-2,6H2/q-1. The molecule has 0 bridgehead atoms. The Morgan fingerprint density at radius 3 is 3.09 bits per heavy atom. The van der Waals surface area contributed by atoms with Crippen molar-refractivity contribution in [3.63, 3.8) is 0 Å². The van der Waals surface area contributed by atoms with Crippen molar-refractivity contribution in [2.24, 2.45) is 5.73 Å². The second kappa shape index (κ2) is 3.54. The van der Waals surface area contributed by atoms with E-state index in [4.69, 9.17) is 10.8 Å². The second-order valence-electron chi connectivity index (χ2n) is 2.17. The molecule has 0 spiro atoms. The Morgan fingerprint density at radius 1 is 1.82 bits per heavy atom. The fourth-order valence-electron chi connectivity index (χ4n) is 0.787. The van der Waals surface area contributed by atoms with Crippen LogP contribution in [0.2, 0.25) is 0 Å². The van der Waals surface area contributed by atoms with Crippen molar-refractivity contribution in [2.75, 3.05) is 6.54 Å². The highest BCUT2D eigenvalue weighted by Gasteiger charge is 2.09. The van der Waals surface area contributed by atoms with Crippen LogP contribution in [-0.4, -0.2) is 23.2 Å². The fourth-order valence-corrected chi connectivity index (χ4v) is 0.787. The van der Waals surface area contributed by atoms with Crippen LogP contribution in [0.5, 0.6) is 0 Å². The number of hydrogen-bond donors (Lipinski definition) is 4. The average molecular weight is 159 g/mol. The summed E-state index contributed by atoms with van der Waals surface area (Å²) in [4.78, 5) is 0. The van der Waals surface area contributed by atoms with Crippen LogP contribution in [-0.2, 0) is 0 Å². The Morgan fingerprint density at radius 2 is 2.55 bits per heavy atom. The maximum Gasteiger partial charge on any atom is 0.197 e. The highest BCUT2D eigenvalue weighted by atomic mass is 16.6. The van der Waals surface area contributed by atoms with Crippen LogP contribution in [0.4, 0.5) is 0 Å². The summed E-state index contributed by atoms with van der Waals surface area (Å²) in [5.41, 5.74) is 7.93. The van der Waals surface area contributed by atoms with Gasteiger partial charge in [0.15, 0.2) is 6.35 Å². The number of aliphatic hydroxyl groups excluding tert-OH is 1. The number of hydrazine groups is 1. The van der Waals surface area contributed by atoms with Crippen molar-refractivity contribution < 1.29 is 5.11 Å². The summed E-state index contributed by atoms with van der Waals surface area (Å²) in [5, 5.41) is 22.7. The zero-order valence-electron chi connectivity index (χ0n) is 5.95. The molecule has 0 amide bonds. The van der Waals surface area contributed by atoms with E-state index in [-0.39, 0.29) is 0 Å². The lowest BCUT2D eigenvalue weighted by molar-refractivity contribution is 0.0449. The van der Waals surface area contributed by atoms with Gasteiger partial charge in [-0.05, 0) is 6.54 Å². The summed E-state index contributed by atoms with van der Waals surface area (Å²) in [7, 11) is 0. The third kappa shape index (κ3) is 2.05. The van der Waals surface area contributed by atoms with Gasteiger partial charge in [-0.3, -0.25) is 0 Å². The molecule has 0 radical (unpaired) electrons. The monoisotopic (exact) mass is 159 g/mol. The number of rotatable bonds is 2. The number of nitrogens with two attached hydrogens (primary N) is 1. The van der Waals surface area contributed by atoms with E-state index in [9.17, 15) is 5.21 Å². The molecule has 1 heterocycles. The second-order valence-corrected chi connectivity index (χ2v) is 2.17. The molecule has 0 aromatic rings. The molecule has 5 N–H and O–H groups in total. The van der Waals surface area contributed by atoms with Crippen molar-refractivity contribution in [3.8, 4) is 0 Å². The first-order valence-corrected chi connectivity index (χ1v) is 3.30. The molecule has 0 fully saturated rings. The lowest BCUT2D eigenvalue weighted by Gasteiger charge is -2.38. The molecule has 6 nitrogen and oxygen atoms in total. The summed E-state index contributed by atoms with van der Waals surface area (Å²) in [6.45, 7) is 0.407. The van der Waals surface area contributed by atoms with Crippen molar-refractivity contribution >= 4 is 0 Å². The number of nitrogens with one attached hydrogen (secondary N) is 2. The first kappa shape index (κ1) is 8.28. The predicted molar refractivity (Wildman–Crippen MR) is 39.2 cm³/mol. The van der Waals surface area contributed by atoms with Gasteiger partial charge in [0.25, 0.3) is 0 Å². The Labute approximate surface area is 64.2 Å². The van der Waals surface area contributed by atoms with Crippen LogP contribution in [0.15, 0.2) is 11.9 Å². The van der Waals surface area contributed by atoms with Crippen molar-refractivity contribution in [1.29, 1.82) is 0 Å². The van der Waals surface area contributed by atoms with Gasteiger partial charge in [0.1, 0.15) is 0 Å². The van der Waals surface area contributed by atoms with E-state index in [0.717, 1.165) is 0 Å². The van der Waals surface area contributed by atoms with Crippen molar-refractivity contribution in [3.05, 3.63) is 17.1 Å². The van der Waals surface area contributed by atoms with Crippen LogP contribution in [0.25, 0.3) is 0 Å². The van der Waals surface area contributed by atoms with Gasteiger partial charge in [0.2, 0.25) is 0 Å². The lowest BCUT2D eigenvalue weighted by atomic mass is 10.3. The lowest BCUT2D eigenvalue weighted by Crippen LogP contribution is -2.51. The van der Waals surface area contributed by atoms with Crippen LogP contribution in [0.3, 0.4) is 0 Å². The molecule has 0 aromatic heterocycles. The van der Waals surface area contributed by atoms with E-state index in [0.29, 0.717) is 23.8 Å². The zero-order valence-corrected chi connectivity index (χ0v) is 5.95. The van der Waals surface area contributed by atoms with Crippen LogP contribution in [0.1, 0.15) is 6.42 Å². The highest BCUT2D eigenvalue weighted by Crippen LogP contribution is 2.05. The zero-order chi connectivity index (χ0) is 8.27. The summed E-state index contributed by atoms with van der Waals surface area (Å²) in [5.74, 6) is 0. The van der Waals surface area contributed by atoms with Crippen LogP contribution in [0, 0.1) is 5.21 Å². The highest BCUT2D eigenvalue weighted by molar-refractivity contribution is 5.02. The van der Waals surface area contributed by atoms with Gasteiger partial charge in [-0.2, -0.15) is 5.43 Å². The van der Waals surface area contributed by atoms with Gasteiger partial charge in [-0.25, -0.2) is 0 Å².